The van der Waals surface area contributed by atoms with Gasteiger partial charge in [0.2, 0.25) is 11.6 Å². The highest BCUT2D eigenvalue weighted by Gasteiger charge is 2.23. The number of nitrogens with zero attached hydrogens (tertiary/aromatic N) is 3. The van der Waals surface area contributed by atoms with E-state index in [1.54, 1.807) is 48.5 Å². The number of carboxylic acids is 2. The molecule has 4 N–H and O–H groups in total. The molecule has 0 amide bonds. The fourth-order valence-corrected chi connectivity index (χ4v) is 2.74. The van der Waals surface area contributed by atoms with Crippen LogP contribution in [-0.2, 0) is 9.59 Å². The van der Waals surface area contributed by atoms with E-state index in [1.807, 2.05) is 0 Å². The molecule has 3 rings (SSSR count). The van der Waals surface area contributed by atoms with E-state index in [9.17, 15) is 19.7 Å². The van der Waals surface area contributed by atoms with E-state index in [4.69, 9.17) is 10.2 Å². The zero-order valence-corrected chi connectivity index (χ0v) is 16.9. The van der Waals surface area contributed by atoms with Gasteiger partial charge in [0, 0.05) is 23.5 Å². The summed E-state index contributed by atoms with van der Waals surface area (Å²) in [6, 6.07) is 13.1. The predicted molar refractivity (Wildman–Crippen MR) is 121 cm³/mol. The summed E-state index contributed by atoms with van der Waals surface area (Å²) in [4.78, 5) is 40.4. The van der Waals surface area contributed by atoms with Crippen LogP contribution in [-0.4, -0.2) is 37.0 Å². The molecule has 33 heavy (non-hydrogen) atoms. The summed E-state index contributed by atoms with van der Waals surface area (Å²) in [5.41, 5.74) is 1.79. The molecule has 11 heteroatoms. The normalized spacial score (nSPS) is 10.9. The number of carboxylic acid groups (broad SMARTS) is 2. The van der Waals surface area contributed by atoms with Crippen LogP contribution >= 0.6 is 0 Å². The molecule has 0 unspecified atom stereocenters. The third-order valence-corrected chi connectivity index (χ3v) is 4.16. The molecule has 0 radical (unpaired) electrons. The average Bonchev–Trinajstić information content (AvgIpc) is 2.77. The summed E-state index contributed by atoms with van der Waals surface area (Å²) in [7, 11) is 0. The van der Waals surface area contributed by atoms with Crippen molar-refractivity contribution >= 4 is 52.8 Å². The van der Waals surface area contributed by atoms with Gasteiger partial charge in [-0.2, -0.15) is 0 Å². The van der Waals surface area contributed by atoms with E-state index in [0.29, 0.717) is 22.5 Å². The van der Waals surface area contributed by atoms with Crippen molar-refractivity contribution in [3.8, 4) is 0 Å². The van der Waals surface area contributed by atoms with Crippen LogP contribution in [0.5, 0.6) is 0 Å². The number of hydrogen-bond donors (Lipinski definition) is 4. The molecule has 1 heterocycles. The minimum Gasteiger partial charge on any atom is -0.478 e. The highest BCUT2D eigenvalue weighted by atomic mass is 16.6. The maximum Gasteiger partial charge on any atom is 0.353 e. The zero-order chi connectivity index (χ0) is 23.8. The maximum absolute atomic E-state index is 11.8. The molecule has 0 aliphatic carbocycles. The van der Waals surface area contributed by atoms with Gasteiger partial charge in [-0.1, -0.05) is 24.3 Å². The number of carbonyl (C=O) groups is 2. The lowest BCUT2D eigenvalue weighted by Crippen LogP contribution is -2.05. The van der Waals surface area contributed by atoms with Gasteiger partial charge in [-0.25, -0.2) is 19.6 Å². The van der Waals surface area contributed by atoms with Gasteiger partial charge in [-0.05, 0) is 47.5 Å². The summed E-state index contributed by atoms with van der Waals surface area (Å²) < 4.78 is 0. The molecular formula is C22H17N5O6. The first kappa shape index (κ1) is 22.6. The molecule has 0 aliphatic rings. The molecule has 1 aromatic heterocycles. The Kier molecular flexibility index (Phi) is 7.06. The molecule has 0 aliphatic heterocycles. The number of nitro groups is 1. The monoisotopic (exact) mass is 447 g/mol. The number of aliphatic carboxylic acids is 2. The van der Waals surface area contributed by atoms with Crippen LogP contribution in [0.4, 0.5) is 28.7 Å². The topological polar surface area (TPSA) is 168 Å². The Balaban J connectivity index is 1.86. The van der Waals surface area contributed by atoms with Gasteiger partial charge in [0.05, 0.1) is 4.92 Å². The van der Waals surface area contributed by atoms with Gasteiger partial charge in [0.1, 0.15) is 6.33 Å². The van der Waals surface area contributed by atoms with Crippen LogP contribution in [0.3, 0.4) is 0 Å². The first-order valence-corrected chi connectivity index (χ1v) is 9.37. The van der Waals surface area contributed by atoms with Crippen molar-refractivity contribution in [2.45, 2.75) is 0 Å². The smallest absolute Gasteiger partial charge is 0.353 e. The summed E-state index contributed by atoms with van der Waals surface area (Å²) in [5, 5.41) is 35.0. The van der Waals surface area contributed by atoms with Gasteiger partial charge in [-0.3, -0.25) is 10.1 Å². The maximum atomic E-state index is 11.8. The number of benzene rings is 2. The molecule has 3 aromatic rings. The fourth-order valence-electron chi connectivity index (χ4n) is 2.74. The molecule has 166 valence electrons. The van der Waals surface area contributed by atoms with Crippen LogP contribution in [0.25, 0.3) is 12.2 Å². The molecule has 0 saturated heterocycles. The molecule has 0 saturated carbocycles. The van der Waals surface area contributed by atoms with E-state index >= 15 is 0 Å². The van der Waals surface area contributed by atoms with Crippen molar-refractivity contribution in [1.82, 2.24) is 9.97 Å². The molecule has 0 fully saturated rings. The molecular weight excluding hydrogens is 430 g/mol. The summed E-state index contributed by atoms with van der Waals surface area (Å²) in [6.45, 7) is 0. The summed E-state index contributed by atoms with van der Waals surface area (Å²) in [5.74, 6) is -2.27. The third kappa shape index (κ3) is 6.46. The Bertz CT molecular complexity index is 1250. The summed E-state index contributed by atoms with van der Waals surface area (Å²) in [6.07, 6.45) is 5.96. The second-order valence-corrected chi connectivity index (χ2v) is 6.52. The van der Waals surface area contributed by atoms with Crippen LogP contribution in [0.15, 0.2) is 67.0 Å². The highest BCUT2D eigenvalue weighted by Crippen LogP contribution is 2.33. The Morgan fingerprint density at radius 1 is 0.848 bits per heavy atom. The van der Waals surface area contributed by atoms with E-state index in [-0.39, 0.29) is 17.3 Å². The van der Waals surface area contributed by atoms with Gasteiger partial charge >= 0.3 is 17.6 Å². The lowest BCUT2D eigenvalue weighted by molar-refractivity contribution is -0.383. The summed E-state index contributed by atoms with van der Waals surface area (Å²) >= 11 is 0. The SMILES string of the molecule is O=C(O)/C=C\c1ccc(Nc2ncnc(Nc3cccc(/C=C\C(=O)O)c3)c2[N+](=O)[O-])cc1. The number of rotatable bonds is 9. The molecule has 0 spiro atoms. The van der Waals surface area contributed by atoms with Crippen LogP contribution in [0.1, 0.15) is 11.1 Å². The Morgan fingerprint density at radius 3 is 2.00 bits per heavy atom. The quantitative estimate of drug-likeness (QED) is 0.213. The first-order chi connectivity index (χ1) is 15.8. The van der Waals surface area contributed by atoms with E-state index in [0.717, 1.165) is 18.5 Å². The lowest BCUT2D eigenvalue weighted by Gasteiger charge is -2.10. The van der Waals surface area contributed by atoms with E-state index in [2.05, 4.69) is 20.6 Å². The van der Waals surface area contributed by atoms with Gasteiger partial charge in [-0.15, -0.1) is 0 Å². The zero-order valence-electron chi connectivity index (χ0n) is 16.9. The second kappa shape index (κ2) is 10.3. The number of nitrogens with one attached hydrogen (secondary N) is 2. The van der Waals surface area contributed by atoms with Crippen LogP contribution < -0.4 is 10.6 Å². The highest BCUT2D eigenvalue weighted by molar-refractivity contribution is 5.86. The van der Waals surface area contributed by atoms with Crippen LogP contribution in [0, 0.1) is 10.1 Å². The van der Waals surface area contributed by atoms with Crippen molar-refractivity contribution in [3.63, 3.8) is 0 Å². The van der Waals surface area contributed by atoms with Crippen LogP contribution in [0.2, 0.25) is 0 Å². The van der Waals surface area contributed by atoms with E-state index in [1.165, 1.54) is 12.2 Å². The molecule has 0 atom stereocenters. The van der Waals surface area contributed by atoms with E-state index < -0.39 is 16.9 Å². The Labute approximate surface area is 186 Å². The third-order valence-electron chi connectivity index (χ3n) is 4.16. The van der Waals surface area contributed by atoms with Gasteiger partial charge in [0.25, 0.3) is 0 Å². The Hall–Kier alpha value is -5.06. The van der Waals surface area contributed by atoms with Crippen molar-refractivity contribution in [2.75, 3.05) is 10.6 Å². The Morgan fingerprint density at radius 2 is 1.42 bits per heavy atom. The standard InChI is InChI=1S/C22H17N5O6/c28-18(29)10-6-14-4-8-16(9-5-14)25-21-20(27(32)33)22(24-13-23-21)26-17-3-1-2-15(12-17)7-11-19(30)31/h1-13H,(H,28,29)(H,30,31)(H2,23,24,25,26)/b10-6-,11-7-. The minimum absolute atomic E-state index is 0.0479. The van der Waals surface area contributed by atoms with Crippen molar-refractivity contribution in [2.24, 2.45) is 0 Å². The molecule has 2 aromatic carbocycles. The predicted octanol–water partition coefficient (Wildman–Crippen LogP) is 4.07. The fraction of sp³-hybridized carbons (Fsp3) is 0. The molecule has 11 nitrogen and oxygen atoms in total. The van der Waals surface area contributed by atoms with Gasteiger partial charge < -0.3 is 20.8 Å². The second-order valence-electron chi connectivity index (χ2n) is 6.52. The minimum atomic E-state index is -1.10. The molecule has 0 bridgehead atoms. The first-order valence-electron chi connectivity index (χ1n) is 9.37. The number of anilines is 4. The average molecular weight is 447 g/mol. The van der Waals surface area contributed by atoms with Gasteiger partial charge in [0.15, 0.2) is 0 Å². The van der Waals surface area contributed by atoms with Crippen molar-refractivity contribution < 1.29 is 24.7 Å². The van der Waals surface area contributed by atoms with Crippen molar-refractivity contribution in [3.05, 3.63) is 88.3 Å². The lowest BCUT2D eigenvalue weighted by atomic mass is 10.2. The largest absolute Gasteiger partial charge is 0.478 e. The van der Waals surface area contributed by atoms with Crippen molar-refractivity contribution in [1.29, 1.82) is 0 Å². The number of aromatic nitrogens is 2. The number of hydrogen-bond acceptors (Lipinski definition) is 8.